The third-order valence-electron chi connectivity index (χ3n) is 3.91. The van der Waals surface area contributed by atoms with Crippen molar-refractivity contribution in [3.8, 4) is 5.75 Å². The van der Waals surface area contributed by atoms with Crippen LogP contribution in [0, 0.1) is 13.8 Å². The van der Waals surface area contributed by atoms with Crippen LogP contribution in [0.5, 0.6) is 5.75 Å². The molecule has 0 radical (unpaired) electrons. The smallest absolute Gasteiger partial charge is 0.347 e. The lowest BCUT2D eigenvalue weighted by Gasteiger charge is -2.24. The highest BCUT2D eigenvalue weighted by atomic mass is 79.9. The Morgan fingerprint density at radius 3 is 2.12 bits per heavy atom. The van der Waals surface area contributed by atoms with E-state index in [4.69, 9.17) is 4.74 Å². The van der Waals surface area contributed by atoms with Gasteiger partial charge in [-0.05, 0) is 86.9 Å². The first-order valence-corrected chi connectivity index (χ1v) is 8.91. The number of hydrogen-bond acceptors (Lipinski definition) is 3. The molecule has 2 rings (SSSR count). The zero-order valence-electron chi connectivity index (χ0n) is 15.2. The van der Waals surface area contributed by atoms with Crippen molar-refractivity contribution in [2.24, 2.45) is 0 Å². The minimum Gasteiger partial charge on any atom is -0.478 e. The molecule has 0 amide bonds. The molecule has 0 unspecified atom stereocenters. The number of carboxylic acid groups (broad SMARTS) is 1. The molecule has 0 aromatic heterocycles. The summed E-state index contributed by atoms with van der Waals surface area (Å²) in [5.41, 5.74) is 1.78. The second-order valence-corrected chi connectivity index (χ2v) is 7.52. The van der Waals surface area contributed by atoms with E-state index >= 15 is 0 Å². The number of carbonyl (C=O) groups is 2. The molecule has 0 atom stereocenters. The van der Waals surface area contributed by atoms with Gasteiger partial charge < -0.3 is 9.84 Å². The Kier molecular flexibility index (Phi) is 6.03. The van der Waals surface area contributed by atoms with Gasteiger partial charge in [0, 0.05) is 10.0 Å². The van der Waals surface area contributed by atoms with Gasteiger partial charge in [-0.25, -0.2) is 4.79 Å². The minimum atomic E-state index is -1.32. The number of ketones is 1. The normalized spacial score (nSPS) is 11.6. The second kappa shape index (κ2) is 7.87. The van der Waals surface area contributed by atoms with Crippen molar-refractivity contribution in [3.63, 3.8) is 0 Å². The number of aryl methyl sites for hydroxylation is 2. The van der Waals surface area contributed by atoms with Crippen molar-refractivity contribution in [1.82, 2.24) is 0 Å². The third kappa shape index (κ3) is 4.82. The average Bonchev–Trinajstić information content (AvgIpc) is 2.56. The van der Waals surface area contributed by atoms with Gasteiger partial charge in [-0.1, -0.05) is 22.0 Å². The number of ether oxygens (including phenoxy) is 1. The molecule has 0 spiro atoms. The standard InChI is InChI=1S/C21H21BrO4/c1-13-11-15(5-10-18(23)16-6-8-17(22)9-7-16)12-14(2)19(13)26-21(3,4)20(24)25/h5-12H,1-4H3,(H,24,25). The lowest BCUT2D eigenvalue weighted by atomic mass is 10.0. The lowest BCUT2D eigenvalue weighted by molar-refractivity contribution is -0.152. The summed E-state index contributed by atoms with van der Waals surface area (Å²) < 4.78 is 6.61. The van der Waals surface area contributed by atoms with Gasteiger partial charge in [-0.15, -0.1) is 0 Å². The summed E-state index contributed by atoms with van der Waals surface area (Å²) in [6, 6.07) is 10.9. The summed E-state index contributed by atoms with van der Waals surface area (Å²) in [7, 11) is 0. The Balaban J connectivity index is 2.23. The van der Waals surface area contributed by atoms with Gasteiger partial charge in [-0.2, -0.15) is 0 Å². The first-order chi connectivity index (χ1) is 12.1. The number of rotatable bonds is 6. The van der Waals surface area contributed by atoms with Crippen LogP contribution < -0.4 is 4.74 Å². The van der Waals surface area contributed by atoms with E-state index < -0.39 is 11.6 Å². The highest BCUT2D eigenvalue weighted by Crippen LogP contribution is 2.29. The Hall–Kier alpha value is -2.40. The summed E-state index contributed by atoms with van der Waals surface area (Å²) in [5, 5.41) is 9.23. The van der Waals surface area contributed by atoms with Gasteiger partial charge in [0.15, 0.2) is 11.4 Å². The molecule has 1 N–H and O–H groups in total. The summed E-state index contributed by atoms with van der Waals surface area (Å²) >= 11 is 3.34. The van der Waals surface area contributed by atoms with Crippen molar-refractivity contribution in [1.29, 1.82) is 0 Å². The van der Waals surface area contributed by atoms with Crippen LogP contribution in [0.1, 0.15) is 40.9 Å². The van der Waals surface area contributed by atoms with Gasteiger partial charge in [0.2, 0.25) is 0 Å². The molecule has 136 valence electrons. The molecule has 0 saturated heterocycles. The van der Waals surface area contributed by atoms with E-state index in [0.717, 1.165) is 21.2 Å². The number of benzene rings is 2. The highest BCUT2D eigenvalue weighted by Gasteiger charge is 2.30. The van der Waals surface area contributed by atoms with Crippen molar-refractivity contribution in [2.75, 3.05) is 0 Å². The Labute approximate surface area is 161 Å². The molecule has 2 aromatic carbocycles. The van der Waals surface area contributed by atoms with Gasteiger partial charge in [0.05, 0.1) is 0 Å². The maximum Gasteiger partial charge on any atom is 0.347 e. The van der Waals surface area contributed by atoms with Crippen LogP contribution in [0.3, 0.4) is 0 Å². The van der Waals surface area contributed by atoms with Gasteiger partial charge >= 0.3 is 5.97 Å². The zero-order valence-corrected chi connectivity index (χ0v) is 16.8. The van der Waals surface area contributed by atoms with Crippen LogP contribution in [-0.4, -0.2) is 22.5 Å². The van der Waals surface area contributed by atoms with Crippen LogP contribution in [0.2, 0.25) is 0 Å². The van der Waals surface area contributed by atoms with Crippen molar-refractivity contribution in [2.45, 2.75) is 33.3 Å². The number of allylic oxidation sites excluding steroid dienone is 1. The predicted octanol–water partition coefficient (Wildman–Crippen LogP) is 5.20. The first-order valence-electron chi connectivity index (χ1n) is 8.12. The molecule has 5 heteroatoms. The highest BCUT2D eigenvalue weighted by molar-refractivity contribution is 9.10. The van der Waals surface area contributed by atoms with E-state index in [-0.39, 0.29) is 5.78 Å². The second-order valence-electron chi connectivity index (χ2n) is 6.61. The number of carbonyl (C=O) groups excluding carboxylic acids is 1. The fraction of sp³-hybridized carbons (Fsp3) is 0.238. The molecule has 0 saturated carbocycles. The number of carboxylic acids is 1. The van der Waals surface area contributed by atoms with Crippen LogP contribution in [0.15, 0.2) is 46.9 Å². The molecule has 0 aliphatic heterocycles. The molecule has 4 nitrogen and oxygen atoms in total. The summed E-state index contributed by atoms with van der Waals surface area (Å²) in [6.45, 7) is 6.74. The van der Waals surface area contributed by atoms with E-state index in [1.807, 2.05) is 38.1 Å². The molecule has 0 bridgehead atoms. The molecule has 2 aromatic rings. The lowest BCUT2D eigenvalue weighted by Crippen LogP contribution is -2.38. The fourth-order valence-electron chi connectivity index (χ4n) is 2.42. The molecule has 0 heterocycles. The monoisotopic (exact) mass is 416 g/mol. The van der Waals surface area contributed by atoms with E-state index in [2.05, 4.69) is 15.9 Å². The maximum atomic E-state index is 12.2. The third-order valence-corrected chi connectivity index (χ3v) is 4.44. The number of aliphatic carboxylic acids is 1. The molecule has 0 aliphatic carbocycles. The van der Waals surface area contributed by atoms with Crippen LogP contribution in [0.4, 0.5) is 0 Å². The molecule has 0 aliphatic rings. The van der Waals surface area contributed by atoms with Crippen LogP contribution in [0.25, 0.3) is 6.08 Å². The minimum absolute atomic E-state index is 0.0832. The summed E-state index contributed by atoms with van der Waals surface area (Å²) in [5.74, 6) is -0.561. The predicted molar refractivity (Wildman–Crippen MR) is 106 cm³/mol. The van der Waals surface area contributed by atoms with Gasteiger partial charge in [0.1, 0.15) is 5.75 Å². The van der Waals surface area contributed by atoms with Crippen molar-refractivity contribution in [3.05, 3.63) is 69.2 Å². The number of hydrogen-bond donors (Lipinski definition) is 1. The zero-order chi connectivity index (χ0) is 19.5. The quantitative estimate of drug-likeness (QED) is 0.518. The Morgan fingerprint density at radius 1 is 1.08 bits per heavy atom. The largest absolute Gasteiger partial charge is 0.478 e. The topological polar surface area (TPSA) is 63.6 Å². The van der Waals surface area contributed by atoms with Crippen LogP contribution in [-0.2, 0) is 4.79 Å². The van der Waals surface area contributed by atoms with E-state index in [0.29, 0.717) is 11.3 Å². The van der Waals surface area contributed by atoms with Crippen molar-refractivity contribution >= 4 is 33.8 Å². The van der Waals surface area contributed by atoms with E-state index in [1.165, 1.54) is 19.9 Å². The fourth-order valence-corrected chi connectivity index (χ4v) is 2.69. The van der Waals surface area contributed by atoms with Gasteiger partial charge in [0.25, 0.3) is 0 Å². The molecule has 26 heavy (non-hydrogen) atoms. The Morgan fingerprint density at radius 2 is 1.62 bits per heavy atom. The Bertz CT molecular complexity index is 841. The summed E-state index contributed by atoms with van der Waals surface area (Å²) in [4.78, 5) is 23.5. The average molecular weight is 417 g/mol. The SMILES string of the molecule is Cc1cc(C=CC(=O)c2ccc(Br)cc2)cc(C)c1OC(C)(C)C(=O)O. The van der Waals surface area contributed by atoms with Gasteiger partial charge in [-0.3, -0.25) is 4.79 Å². The molecule has 0 fully saturated rings. The molecular weight excluding hydrogens is 396 g/mol. The first kappa shape index (κ1) is 19.9. The van der Waals surface area contributed by atoms with Crippen LogP contribution >= 0.6 is 15.9 Å². The summed E-state index contributed by atoms with van der Waals surface area (Å²) in [6.07, 6.45) is 3.27. The van der Waals surface area contributed by atoms with Crippen molar-refractivity contribution < 1.29 is 19.4 Å². The molecular formula is C21H21BrO4. The van der Waals surface area contributed by atoms with E-state index in [9.17, 15) is 14.7 Å². The van der Waals surface area contributed by atoms with E-state index in [1.54, 1.807) is 18.2 Å². The maximum absolute atomic E-state index is 12.2. The number of halogens is 1.